The molecule has 6 aromatic rings. The molecule has 0 radical (unpaired) electrons. The van der Waals surface area contributed by atoms with Gasteiger partial charge in [-0.05, 0) is 154 Å². The standard InChI is InChI=1S/C36H49ClN5O11P.C29H37ClN5O9P/c1-20(49-31(45)34(3,4)5)52-54(47,53-21(2)50-32(46)35(6,7)8)19-48-16-25-26(43)27(44)30(51-25)42-29-23(15-38-42)28(39-33(37)40-29)41-17-36(18-41)14-13-22-11-9-10-12-24(22)36;1-16(42-26(38)28(2,3)4)44-45(39,40)15-41-12-20-21(36)22(37)25(43-20)35-24-18(11-31-35)23(32-27(30)33-24)34-13-29(14-34)10-9-17-7-5-6-8-19(17)29/h9-12,15,20-21,25-27,30,43-44H,13-14,16-19H2,1-8H3;5-8,11,16,20-22,25,36-37H,9-10,12-15H2,1-4H3,(H,39,40)/t20?,21?,25-,26-,27-,30-,54?;16?,20-,21-,22-,25-/m11/s1. The molecule has 30 nitrogen and oxygen atoms in total. The van der Waals surface area contributed by atoms with Crippen LogP contribution in [0.25, 0.3) is 22.1 Å². The molecule has 4 aliphatic heterocycles. The van der Waals surface area contributed by atoms with Gasteiger partial charge in [0.2, 0.25) is 29.4 Å². The lowest BCUT2D eigenvalue weighted by molar-refractivity contribution is -0.178. The third-order valence-electron chi connectivity index (χ3n) is 18.1. The van der Waals surface area contributed by atoms with Gasteiger partial charge in [-0.1, -0.05) is 48.5 Å². The number of anilines is 2. The average Bonchev–Trinajstić information content (AvgIpc) is 1.64. The number of aliphatic hydroxyl groups is 4. The van der Waals surface area contributed by atoms with E-state index in [1.54, 1.807) is 74.7 Å². The van der Waals surface area contributed by atoms with Crippen LogP contribution in [0.4, 0.5) is 11.6 Å². The van der Waals surface area contributed by atoms with E-state index in [4.69, 9.17) is 69.9 Å². The Kier molecular flexibility index (Phi) is 21.3. The molecule has 2 spiro atoms. The van der Waals surface area contributed by atoms with Crippen LogP contribution in [0.5, 0.6) is 0 Å². The second kappa shape index (κ2) is 28.4. The molecule has 4 unspecified atom stereocenters. The van der Waals surface area contributed by atoms with Crippen LogP contribution >= 0.6 is 38.4 Å². The summed E-state index contributed by atoms with van der Waals surface area (Å²) >= 11 is 12.8. The summed E-state index contributed by atoms with van der Waals surface area (Å²) in [5, 5.41) is 53.8. The third kappa shape index (κ3) is 15.9. The molecule has 0 bridgehead atoms. The number of esters is 3. The Hall–Kier alpha value is -5.89. The summed E-state index contributed by atoms with van der Waals surface area (Å²) in [4.78, 5) is 69.2. The van der Waals surface area contributed by atoms with Crippen molar-refractivity contribution in [3.8, 4) is 0 Å². The number of ether oxygens (including phenoxy) is 7. The molecule has 6 aliphatic rings. The van der Waals surface area contributed by atoms with Crippen molar-refractivity contribution in [3.63, 3.8) is 0 Å². The number of benzene rings is 2. The zero-order valence-electron chi connectivity index (χ0n) is 57.1. The molecule has 99 heavy (non-hydrogen) atoms. The molecule has 12 rings (SSSR count). The van der Waals surface area contributed by atoms with Crippen molar-refractivity contribution in [2.24, 2.45) is 16.2 Å². The molecule has 8 heterocycles. The van der Waals surface area contributed by atoms with Crippen molar-refractivity contribution in [2.75, 3.05) is 61.9 Å². The number of rotatable bonds is 21. The highest BCUT2D eigenvalue weighted by Gasteiger charge is 2.53. The maximum Gasteiger partial charge on any atom is 0.362 e. The fourth-order valence-electron chi connectivity index (χ4n) is 13.0. The SMILES string of the molecule is CC(OC(=O)C(C)(C)C)OP(=O)(COC[C@H]1O[C@@H](n2ncc3c(N4CC5(CCc6ccccc65)C4)nc(Cl)nc32)[C@H](O)[C@@H]1O)OC(C)OC(=O)C(C)(C)C.CC(OC(=O)C(C)(C)C)OP(=O)(O)COC[C@H]1O[C@@H](n2ncc3c(N4CC5(CCc6ccccc65)C4)nc(Cl)nc32)[C@H](O)[C@@H]1O. The van der Waals surface area contributed by atoms with Crippen LogP contribution in [0.1, 0.15) is 131 Å². The zero-order chi connectivity index (χ0) is 71.7. The van der Waals surface area contributed by atoms with Gasteiger partial charge in [0.1, 0.15) is 61.0 Å². The van der Waals surface area contributed by atoms with Crippen molar-refractivity contribution in [2.45, 2.75) is 188 Å². The molecule has 4 aromatic heterocycles. The Morgan fingerprint density at radius 1 is 0.566 bits per heavy atom. The average molecular weight is 1460 g/mol. The van der Waals surface area contributed by atoms with E-state index in [9.17, 15) is 48.8 Å². The van der Waals surface area contributed by atoms with Crippen molar-refractivity contribution in [3.05, 3.63) is 93.7 Å². The lowest BCUT2D eigenvalue weighted by atomic mass is 9.75. The first-order chi connectivity index (χ1) is 46.4. The number of aliphatic hydroxyl groups excluding tert-OH is 4. The Morgan fingerprint density at radius 2 is 0.929 bits per heavy atom. The van der Waals surface area contributed by atoms with Crippen LogP contribution in [-0.4, -0.2) is 190 Å². The number of halogens is 2. The molecule has 0 amide bonds. The highest BCUT2D eigenvalue weighted by atomic mass is 35.5. The Bertz CT molecular complexity index is 4040. The van der Waals surface area contributed by atoms with Gasteiger partial charge in [-0.2, -0.15) is 30.1 Å². The monoisotopic (exact) mass is 1460 g/mol. The molecule has 4 saturated heterocycles. The van der Waals surface area contributed by atoms with E-state index >= 15 is 0 Å². The molecule has 0 saturated carbocycles. The Morgan fingerprint density at radius 3 is 1.31 bits per heavy atom. The largest absolute Gasteiger partial charge is 0.435 e. The normalized spacial score (nSPS) is 25.2. The van der Waals surface area contributed by atoms with Crippen molar-refractivity contribution in [1.29, 1.82) is 0 Å². The first-order valence-corrected chi connectivity index (χ1v) is 36.9. The lowest BCUT2D eigenvalue weighted by Gasteiger charge is -2.49. The first kappa shape index (κ1) is 74.3. The molecule has 2 aromatic carbocycles. The van der Waals surface area contributed by atoms with E-state index < -0.39 is 130 Å². The zero-order valence-corrected chi connectivity index (χ0v) is 60.4. The third-order valence-corrected chi connectivity index (χ3v) is 21.3. The van der Waals surface area contributed by atoms with Gasteiger partial charge in [0.15, 0.2) is 23.8 Å². The molecule has 4 fully saturated rings. The number of aromatic nitrogens is 8. The topological polar surface area (TPSA) is 372 Å². The smallest absolute Gasteiger partial charge is 0.362 e. The highest BCUT2D eigenvalue weighted by Crippen LogP contribution is 2.53. The molecule has 34 heteroatoms. The number of fused-ring (bicyclic) bond motifs is 6. The summed E-state index contributed by atoms with van der Waals surface area (Å²) in [6, 6.07) is 17.0. The van der Waals surface area contributed by atoms with Crippen LogP contribution < -0.4 is 9.80 Å². The maximum atomic E-state index is 14.0. The fourth-order valence-corrected chi connectivity index (χ4v) is 15.7. The second-order valence-electron chi connectivity index (χ2n) is 29.2. The van der Waals surface area contributed by atoms with Crippen LogP contribution in [-0.2, 0) is 93.9 Å². The Balaban J connectivity index is 0.000000203. The van der Waals surface area contributed by atoms with E-state index in [1.807, 2.05) is 0 Å². The van der Waals surface area contributed by atoms with Crippen LogP contribution in [0.2, 0.25) is 10.6 Å². The first-order valence-electron chi connectivity index (χ1n) is 32.6. The number of carbonyl (C=O) groups is 3. The summed E-state index contributed by atoms with van der Waals surface area (Å²) < 4.78 is 83.9. The van der Waals surface area contributed by atoms with Gasteiger partial charge in [0.05, 0.1) is 52.6 Å². The van der Waals surface area contributed by atoms with Crippen molar-refractivity contribution in [1.82, 2.24) is 39.5 Å². The van der Waals surface area contributed by atoms with Gasteiger partial charge >= 0.3 is 33.1 Å². The highest BCUT2D eigenvalue weighted by molar-refractivity contribution is 7.53. The van der Waals surface area contributed by atoms with Gasteiger partial charge < -0.3 is 68.3 Å². The maximum absolute atomic E-state index is 14.0. The molecule has 540 valence electrons. The van der Waals surface area contributed by atoms with Gasteiger partial charge in [-0.3, -0.25) is 37.1 Å². The van der Waals surface area contributed by atoms with Gasteiger partial charge in [-0.25, -0.2) is 9.36 Å². The number of hydrogen-bond donors (Lipinski definition) is 5. The number of carbonyl (C=O) groups excluding carboxylic acids is 3. The number of nitrogens with zero attached hydrogens (tertiary/aromatic N) is 10. The summed E-state index contributed by atoms with van der Waals surface area (Å²) in [6.45, 7) is 21.2. The van der Waals surface area contributed by atoms with E-state index in [2.05, 4.69) is 88.5 Å². The van der Waals surface area contributed by atoms with E-state index in [-0.39, 0.29) is 34.6 Å². The van der Waals surface area contributed by atoms with Crippen LogP contribution in [0.3, 0.4) is 0 Å². The van der Waals surface area contributed by atoms with E-state index in [1.165, 1.54) is 52.4 Å². The van der Waals surface area contributed by atoms with Gasteiger partial charge in [0.25, 0.3) is 0 Å². The summed E-state index contributed by atoms with van der Waals surface area (Å²) in [5.41, 5.74) is 3.66. The second-order valence-corrected chi connectivity index (χ2v) is 33.5. The molecular weight excluding hydrogens is 1370 g/mol. The lowest BCUT2D eigenvalue weighted by Crippen LogP contribution is -2.58. The molecule has 2 aliphatic carbocycles. The van der Waals surface area contributed by atoms with Crippen LogP contribution in [0, 0.1) is 16.2 Å². The predicted molar refractivity (Wildman–Crippen MR) is 357 cm³/mol. The molecular formula is C65H86Cl2N10O20P2. The van der Waals surface area contributed by atoms with E-state index in [0.29, 0.717) is 33.7 Å². The summed E-state index contributed by atoms with van der Waals surface area (Å²) in [7, 11) is -8.66. The van der Waals surface area contributed by atoms with Gasteiger partial charge in [-0.15, -0.1) is 0 Å². The van der Waals surface area contributed by atoms with Crippen LogP contribution in [0.15, 0.2) is 60.9 Å². The van der Waals surface area contributed by atoms with Gasteiger partial charge in [0, 0.05) is 37.0 Å². The Labute approximate surface area is 581 Å². The van der Waals surface area contributed by atoms with Crippen molar-refractivity contribution < 1.29 is 95.6 Å². The minimum absolute atomic E-state index is 0.000969. The summed E-state index contributed by atoms with van der Waals surface area (Å²) in [6.07, 6.45) is -8.39. The summed E-state index contributed by atoms with van der Waals surface area (Å²) in [5.74, 6) is -0.595. The predicted octanol–water partition coefficient (Wildman–Crippen LogP) is 7.79. The van der Waals surface area contributed by atoms with E-state index in [0.717, 1.165) is 51.9 Å². The quantitative estimate of drug-likeness (QED) is 0.0151. The molecule has 12 atom stereocenters. The minimum atomic E-state index is -4.34. The minimum Gasteiger partial charge on any atom is -0.435 e. The number of hydrogen-bond acceptors (Lipinski definition) is 27. The van der Waals surface area contributed by atoms with Crippen molar-refractivity contribution >= 4 is 90.0 Å². The molecule has 5 N–H and O–H groups in total. The number of aryl methyl sites for hydroxylation is 2. The fraction of sp³-hybridized carbons (Fsp3) is 0.615.